The van der Waals surface area contributed by atoms with Crippen molar-refractivity contribution in [1.29, 1.82) is 0 Å². The van der Waals surface area contributed by atoms with Gasteiger partial charge in [-0.2, -0.15) is 0 Å². The van der Waals surface area contributed by atoms with Gasteiger partial charge < -0.3 is 4.74 Å². The van der Waals surface area contributed by atoms with Crippen molar-refractivity contribution in [2.75, 3.05) is 0 Å². The molecule has 1 aromatic heterocycles. The van der Waals surface area contributed by atoms with Crippen LogP contribution in [0.4, 0.5) is 0 Å². The van der Waals surface area contributed by atoms with Crippen LogP contribution in [-0.4, -0.2) is 10.2 Å². The first-order valence-electron chi connectivity index (χ1n) is 4.53. The van der Waals surface area contributed by atoms with Gasteiger partial charge in [0.05, 0.1) is 5.88 Å². The molecule has 0 unspecified atom stereocenters. The highest BCUT2D eigenvalue weighted by atomic mass is 35.5. The second-order valence-corrected chi connectivity index (χ2v) is 4.82. The lowest BCUT2D eigenvalue weighted by atomic mass is 10.3. The van der Waals surface area contributed by atoms with E-state index in [1.54, 1.807) is 12.1 Å². The first-order valence-corrected chi connectivity index (χ1v) is 6.26. The van der Waals surface area contributed by atoms with Crippen LogP contribution in [0.15, 0.2) is 24.3 Å². The van der Waals surface area contributed by atoms with Crippen molar-refractivity contribution in [3.63, 3.8) is 0 Å². The van der Waals surface area contributed by atoms with E-state index in [0.29, 0.717) is 17.5 Å². The molecule has 0 fully saturated rings. The maximum atomic E-state index is 5.83. The highest BCUT2D eigenvalue weighted by Crippen LogP contribution is 2.19. The van der Waals surface area contributed by atoms with Gasteiger partial charge in [-0.1, -0.05) is 29.0 Å². The third kappa shape index (κ3) is 3.07. The normalized spacial score (nSPS) is 10.4. The second kappa shape index (κ2) is 5.48. The summed E-state index contributed by atoms with van der Waals surface area (Å²) in [5.74, 6) is 1.10. The van der Waals surface area contributed by atoms with Gasteiger partial charge in [-0.15, -0.1) is 21.8 Å². The van der Waals surface area contributed by atoms with Crippen LogP contribution in [-0.2, 0) is 12.5 Å². The first kappa shape index (κ1) is 11.6. The zero-order valence-corrected chi connectivity index (χ0v) is 10.5. The van der Waals surface area contributed by atoms with Crippen LogP contribution in [0.1, 0.15) is 10.0 Å². The minimum Gasteiger partial charge on any atom is -0.486 e. The summed E-state index contributed by atoms with van der Waals surface area (Å²) in [6, 6.07) is 7.23. The number of halogens is 2. The molecule has 0 amide bonds. The molecule has 1 heterocycles. The molecule has 0 aliphatic heterocycles. The molecule has 1 aromatic carbocycles. The van der Waals surface area contributed by atoms with Crippen molar-refractivity contribution >= 4 is 34.5 Å². The Morgan fingerprint density at radius 1 is 1.25 bits per heavy atom. The molecule has 0 saturated heterocycles. The molecule has 2 aromatic rings. The third-order valence-electron chi connectivity index (χ3n) is 1.78. The van der Waals surface area contributed by atoms with Gasteiger partial charge in [0.2, 0.25) is 0 Å². The number of ether oxygens (including phenoxy) is 1. The van der Waals surface area contributed by atoms with E-state index in [1.165, 1.54) is 11.3 Å². The molecule has 0 N–H and O–H groups in total. The molecular weight excluding hydrogens is 267 g/mol. The van der Waals surface area contributed by atoms with Crippen LogP contribution in [0, 0.1) is 0 Å². The van der Waals surface area contributed by atoms with Crippen molar-refractivity contribution in [1.82, 2.24) is 10.2 Å². The lowest BCUT2D eigenvalue weighted by Crippen LogP contribution is -1.94. The van der Waals surface area contributed by atoms with Gasteiger partial charge in [0.1, 0.15) is 17.4 Å². The maximum absolute atomic E-state index is 5.83. The van der Waals surface area contributed by atoms with E-state index in [-0.39, 0.29) is 0 Å². The smallest absolute Gasteiger partial charge is 0.155 e. The van der Waals surface area contributed by atoms with Crippen LogP contribution >= 0.6 is 34.5 Å². The zero-order chi connectivity index (χ0) is 11.4. The molecule has 0 bridgehead atoms. The Bertz CT molecular complexity index is 475. The summed E-state index contributed by atoms with van der Waals surface area (Å²) in [7, 11) is 0. The fraction of sp³-hybridized carbons (Fsp3) is 0.200. The minimum atomic E-state index is 0.384. The Hall–Kier alpha value is -0.840. The summed E-state index contributed by atoms with van der Waals surface area (Å²) in [4.78, 5) is 0. The average molecular weight is 275 g/mol. The molecule has 84 valence electrons. The molecular formula is C10H8Cl2N2OS. The summed E-state index contributed by atoms with van der Waals surface area (Å²) in [5, 5.41) is 10.1. The number of hydrogen-bond acceptors (Lipinski definition) is 4. The van der Waals surface area contributed by atoms with E-state index < -0.39 is 0 Å². The Kier molecular flexibility index (Phi) is 3.98. The first-order chi connectivity index (χ1) is 7.78. The van der Waals surface area contributed by atoms with Gasteiger partial charge in [-0.05, 0) is 18.2 Å². The van der Waals surface area contributed by atoms with E-state index in [2.05, 4.69) is 10.2 Å². The molecule has 2 rings (SSSR count). The summed E-state index contributed by atoms with van der Waals surface area (Å²) in [6.45, 7) is 0.384. The fourth-order valence-corrected chi connectivity index (χ4v) is 2.11. The molecule has 3 nitrogen and oxygen atoms in total. The molecule has 0 aliphatic carbocycles. The number of benzene rings is 1. The fourth-order valence-electron chi connectivity index (χ4n) is 1.10. The van der Waals surface area contributed by atoms with Crippen LogP contribution in [0.2, 0.25) is 5.02 Å². The van der Waals surface area contributed by atoms with E-state index in [9.17, 15) is 0 Å². The molecule has 0 spiro atoms. The van der Waals surface area contributed by atoms with Crippen LogP contribution < -0.4 is 4.74 Å². The predicted octanol–water partition coefficient (Wildman–Crippen LogP) is 3.51. The van der Waals surface area contributed by atoms with Crippen LogP contribution in [0.5, 0.6) is 5.75 Å². The van der Waals surface area contributed by atoms with Crippen molar-refractivity contribution < 1.29 is 4.74 Å². The lowest BCUT2D eigenvalue weighted by molar-refractivity contribution is 0.304. The summed E-state index contributed by atoms with van der Waals surface area (Å²) in [6.07, 6.45) is 0. The number of nitrogens with zero attached hydrogens (tertiary/aromatic N) is 2. The Labute approximate surface area is 107 Å². The number of aromatic nitrogens is 2. The van der Waals surface area contributed by atoms with E-state index in [0.717, 1.165) is 15.8 Å². The van der Waals surface area contributed by atoms with E-state index >= 15 is 0 Å². The largest absolute Gasteiger partial charge is 0.486 e. The highest BCUT2D eigenvalue weighted by Gasteiger charge is 2.03. The van der Waals surface area contributed by atoms with Crippen LogP contribution in [0.3, 0.4) is 0 Å². The van der Waals surface area contributed by atoms with E-state index in [4.69, 9.17) is 27.9 Å². The van der Waals surface area contributed by atoms with Crippen molar-refractivity contribution in [3.05, 3.63) is 39.3 Å². The van der Waals surface area contributed by atoms with Crippen LogP contribution in [0.25, 0.3) is 0 Å². The molecule has 0 aliphatic rings. The van der Waals surface area contributed by atoms with Gasteiger partial charge in [0.15, 0.2) is 5.01 Å². The van der Waals surface area contributed by atoms with Gasteiger partial charge in [-0.25, -0.2) is 0 Å². The number of hydrogen-bond donors (Lipinski definition) is 0. The zero-order valence-electron chi connectivity index (χ0n) is 8.19. The Balaban J connectivity index is 1.96. The molecule has 0 radical (unpaired) electrons. The molecule has 16 heavy (non-hydrogen) atoms. The monoisotopic (exact) mass is 274 g/mol. The SMILES string of the molecule is ClCc1nnc(COc2cccc(Cl)c2)s1. The van der Waals surface area contributed by atoms with Gasteiger partial charge in [0.25, 0.3) is 0 Å². The number of rotatable bonds is 4. The second-order valence-electron chi connectivity index (χ2n) is 2.97. The summed E-state index contributed by atoms with van der Waals surface area (Å²) >= 11 is 12.9. The van der Waals surface area contributed by atoms with Crippen molar-refractivity contribution in [2.45, 2.75) is 12.5 Å². The number of alkyl halides is 1. The minimum absolute atomic E-state index is 0.384. The van der Waals surface area contributed by atoms with Crippen molar-refractivity contribution in [3.8, 4) is 5.75 Å². The maximum Gasteiger partial charge on any atom is 0.155 e. The predicted molar refractivity (Wildman–Crippen MR) is 65.3 cm³/mol. The Morgan fingerprint density at radius 3 is 2.75 bits per heavy atom. The van der Waals surface area contributed by atoms with Gasteiger partial charge in [0, 0.05) is 5.02 Å². The third-order valence-corrected chi connectivity index (χ3v) is 3.32. The standard InChI is InChI=1S/C10H8Cl2N2OS/c11-5-9-13-14-10(16-9)6-15-8-3-1-2-7(12)4-8/h1-4H,5-6H2. The van der Waals surface area contributed by atoms with Gasteiger partial charge in [-0.3, -0.25) is 0 Å². The Morgan fingerprint density at radius 2 is 2.06 bits per heavy atom. The van der Waals surface area contributed by atoms with Crippen molar-refractivity contribution in [2.24, 2.45) is 0 Å². The lowest BCUT2D eigenvalue weighted by Gasteiger charge is -2.02. The topological polar surface area (TPSA) is 35.0 Å². The molecule has 0 atom stereocenters. The quantitative estimate of drug-likeness (QED) is 0.801. The highest BCUT2D eigenvalue weighted by molar-refractivity contribution is 7.11. The van der Waals surface area contributed by atoms with E-state index in [1.807, 2.05) is 12.1 Å². The molecule has 0 saturated carbocycles. The average Bonchev–Trinajstić information content (AvgIpc) is 2.74. The summed E-state index contributed by atoms with van der Waals surface area (Å²) in [5.41, 5.74) is 0. The van der Waals surface area contributed by atoms with Gasteiger partial charge >= 0.3 is 0 Å². The summed E-state index contributed by atoms with van der Waals surface area (Å²) < 4.78 is 5.51. The molecule has 6 heteroatoms.